The first-order valence-corrected chi connectivity index (χ1v) is 4.18. The van der Waals surface area contributed by atoms with E-state index < -0.39 is 0 Å². The van der Waals surface area contributed by atoms with Gasteiger partial charge in [0.1, 0.15) is 11.8 Å². The predicted octanol–water partition coefficient (Wildman–Crippen LogP) is 1.28. The van der Waals surface area contributed by atoms with E-state index in [9.17, 15) is 4.79 Å². The first-order chi connectivity index (χ1) is 6.29. The Balaban J connectivity index is 2.27. The lowest BCUT2D eigenvalue weighted by Crippen LogP contribution is -2.19. The summed E-state index contributed by atoms with van der Waals surface area (Å²) in [5, 5.41) is 3.89. The van der Waals surface area contributed by atoms with Crippen molar-refractivity contribution in [2.75, 3.05) is 0 Å². The van der Waals surface area contributed by atoms with E-state index in [1.807, 2.05) is 30.3 Å². The number of rotatable bonds is 1. The topological polar surface area (TPSA) is 41.5 Å². The van der Waals surface area contributed by atoms with Gasteiger partial charge < -0.3 is 0 Å². The Morgan fingerprint density at radius 1 is 1.31 bits per heavy atom. The van der Waals surface area contributed by atoms with Crippen LogP contribution in [0.2, 0.25) is 0 Å². The minimum absolute atomic E-state index is 0.0613. The summed E-state index contributed by atoms with van der Waals surface area (Å²) in [5.41, 5.74) is 4.33. The van der Waals surface area contributed by atoms with Crippen molar-refractivity contribution in [2.45, 2.75) is 13.0 Å². The van der Waals surface area contributed by atoms with Crippen LogP contribution in [0.5, 0.6) is 0 Å². The van der Waals surface area contributed by atoms with Gasteiger partial charge in [-0.2, -0.15) is 5.10 Å². The molecule has 0 radical (unpaired) electrons. The average molecular weight is 174 g/mol. The van der Waals surface area contributed by atoms with Gasteiger partial charge in [-0.05, 0) is 12.5 Å². The van der Waals surface area contributed by atoms with Crippen molar-refractivity contribution in [3.63, 3.8) is 0 Å². The maximum Gasteiger partial charge on any atom is 0.206 e. The second-order valence-corrected chi connectivity index (χ2v) is 3.03. The Morgan fingerprint density at radius 3 is 2.54 bits per heavy atom. The second kappa shape index (κ2) is 3.01. The minimum atomic E-state index is -0.277. The molecule has 1 atom stereocenters. The van der Waals surface area contributed by atoms with E-state index in [4.69, 9.17) is 0 Å². The maximum absolute atomic E-state index is 11.5. The van der Waals surface area contributed by atoms with E-state index in [0.717, 1.165) is 5.56 Å². The molecule has 1 aliphatic heterocycles. The van der Waals surface area contributed by atoms with Crippen LogP contribution in [0, 0.1) is 0 Å². The summed E-state index contributed by atoms with van der Waals surface area (Å²) >= 11 is 0. The van der Waals surface area contributed by atoms with E-state index in [-0.39, 0.29) is 11.8 Å². The van der Waals surface area contributed by atoms with Crippen LogP contribution in [0.15, 0.2) is 35.4 Å². The summed E-state index contributed by atoms with van der Waals surface area (Å²) in [6.07, 6.45) is 0. The van der Waals surface area contributed by atoms with Gasteiger partial charge in [0, 0.05) is 0 Å². The highest BCUT2D eigenvalue weighted by Crippen LogP contribution is 2.17. The number of hydrogen-bond donors (Lipinski definition) is 1. The van der Waals surface area contributed by atoms with Crippen molar-refractivity contribution in [3.05, 3.63) is 35.9 Å². The number of carbonyl (C=O) groups excluding carboxylic acids is 1. The van der Waals surface area contributed by atoms with Gasteiger partial charge in [-0.1, -0.05) is 30.3 Å². The molecule has 0 aliphatic carbocycles. The normalized spacial score (nSPS) is 21.2. The van der Waals surface area contributed by atoms with Gasteiger partial charge in [-0.3, -0.25) is 10.2 Å². The molecule has 0 aromatic heterocycles. The molecule has 1 aromatic carbocycles. The molecular weight excluding hydrogens is 164 g/mol. The number of nitrogens with one attached hydrogen (secondary N) is 1. The fourth-order valence-corrected chi connectivity index (χ4v) is 1.36. The molecule has 13 heavy (non-hydrogen) atoms. The van der Waals surface area contributed by atoms with Gasteiger partial charge in [0.15, 0.2) is 0 Å². The molecule has 0 amide bonds. The number of carbonyl (C=O) groups is 1. The van der Waals surface area contributed by atoms with Crippen LogP contribution in [0.4, 0.5) is 0 Å². The third kappa shape index (κ3) is 1.33. The average Bonchev–Trinajstić information content (AvgIpc) is 2.49. The Bertz CT molecular complexity index is 356. The molecule has 3 heteroatoms. The SMILES string of the molecule is CC1=NNC(c2ccccc2)C1=O. The standard InChI is InChI=1S/C10H10N2O/c1-7-10(13)9(12-11-7)8-5-3-2-4-6-8/h2-6,9,12H,1H3. The Kier molecular flexibility index (Phi) is 1.85. The Labute approximate surface area is 76.5 Å². The summed E-state index contributed by atoms with van der Waals surface area (Å²) in [7, 11) is 0. The third-order valence-corrected chi connectivity index (χ3v) is 2.11. The number of ketones is 1. The highest BCUT2D eigenvalue weighted by atomic mass is 16.1. The molecule has 66 valence electrons. The van der Waals surface area contributed by atoms with E-state index >= 15 is 0 Å². The van der Waals surface area contributed by atoms with Crippen LogP contribution >= 0.6 is 0 Å². The van der Waals surface area contributed by atoms with E-state index in [2.05, 4.69) is 10.5 Å². The van der Waals surface area contributed by atoms with Crippen molar-refractivity contribution >= 4 is 11.5 Å². The van der Waals surface area contributed by atoms with Gasteiger partial charge in [0.05, 0.1) is 0 Å². The molecule has 1 N–H and O–H groups in total. The minimum Gasteiger partial charge on any atom is -0.294 e. The predicted molar refractivity (Wildman–Crippen MR) is 50.4 cm³/mol. The van der Waals surface area contributed by atoms with Gasteiger partial charge in [0.2, 0.25) is 5.78 Å². The molecule has 0 spiro atoms. The molecular formula is C10H10N2O. The number of benzene rings is 1. The molecule has 1 aliphatic rings. The van der Waals surface area contributed by atoms with Crippen LogP contribution in [0.1, 0.15) is 18.5 Å². The molecule has 3 nitrogen and oxygen atoms in total. The number of Topliss-reactive ketones (excluding diaryl/α,β-unsaturated/α-hetero) is 1. The Hall–Kier alpha value is -1.64. The van der Waals surface area contributed by atoms with Crippen molar-refractivity contribution < 1.29 is 4.79 Å². The summed E-state index contributed by atoms with van der Waals surface area (Å²) in [4.78, 5) is 11.5. The monoisotopic (exact) mass is 174 g/mol. The lowest BCUT2D eigenvalue weighted by atomic mass is 10.0. The summed E-state index contributed by atoms with van der Waals surface area (Å²) < 4.78 is 0. The highest BCUT2D eigenvalue weighted by molar-refractivity contribution is 6.41. The summed E-state index contributed by atoms with van der Waals surface area (Å²) in [6, 6.07) is 9.32. The van der Waals surface area contributed by atoms with Crippen LogP contribution in [0.3, 0.4) is 0 Å². The van der Waals surface area contributed by atoms with Crippen LogP contribution in [-0.4, -0.2) is 11.5 Å². The van der Waals surface area contributed by atoms with Crippen molar-refractivity contribution in [3.8, 4) is 0 Å². The van der Waals surface area contributed by atoms with Gasteiger partial charge in [-0.25, -0.2) is 0 Å². The molecule has 2 rings (SSSR count). The first kappa shape index (κ1) is 7.98. The lowest BCUT2D eigenvalue weighted by Gasteiger charge is -2.07. The lowest BCUT2D eigenvalue weighted by molar-refractivity contribution is -0.114. The van der Waals surface area contributed by atoms with E-state index in [1.165, 1.54) is 0 Å². The molecule has 1 aromatic rings. The third-order valence-electron chi connectivity index (χ3n) is 2.11. The number of hydrazone groups is 1. The molecule has 0 bridgehead atoms. The first-order valence-electron chi connectivity index (χ1n) is 4.18. The quantitative estimate of drug-likeness (QED) is 0.696. The molecule has 0 saturated carbocycles. The largest absolute Gasteiger partial charge is 0.294 e. The summed E-state index contributed by atoms with van der Waals surface area (Å²) in [5.74, 6) is 0.0613. The summed E-state index contributed by atoms with van der Waals surface area (Å²) in [6.45, 7) is 1.72. The van der Waals surface area contributed by atoms with Crippen LogP contribution in [-0.2, 0) is 4.79 Å². The fraction of sp³-hybridized carbons (Fsp3) is 0.200. The fourth-order valence-electron chi connectivity index (χ4n) is 1.36. The maximum atomic E-state index is 11.5. The smallest absolute Gasteiger partial charge is 0.206 e. The van der Waals surface area contributed by atoms with E-state index in [0.29, 0.717) is 5.71 Å². The molecule has 1 unspecified atom stereocenters. The zero-order chi connectivity index (χ0) is 9.26. The Morgan fingerprint density at radius 2 is 2.00 bits per heavy atom. The zero-order valence-corrected chi connectivity index (χ0v) is 7.32. The molecule has 0 fully saturated rings. The van der Waals surface area contributed by atoms with Crippen LogP contribution in [0.25, 0.3) is 0 Å². The zero-order valence-electron chi connectivity index (χ0n) is 7.32. The van der Waals surface area contributed by atoms with Crippen molar-refractivity contribution in [2.24, 2.45) is 5.10 Å². The van der Waals surface area contributed by atoms with Crippen molar-refractivity contribution in [1.82, 2.24) is 5.43 Å². The van der Waals surface area contributed by atoms with E-state index in [1.54, 1.807) is 6.92 Å². The van der Waals surface area contributed by atoms with Gasteiger partial charge in [0.25, 0.3) is 0 Å². The number of nitrogens with zero attached hydrogens (tertiary/aromatic N) is 1. The van der Waals surface area contributed by atoms with Gasteiger partial charge in [-0.15, -0.1) is 0 Å². The highest BCUT2D eigenvalue weighted by Gasteiger charge is 2.26. The van der Waals surface area contributed by atoms with Crippen molar-refractivity contribution in [1.29, 1.82) is 0 Å². The second-order valence-electron chi connectivity index (χ2n) is 3.03. The number of hydrogen-bond acceptors (Lipinski definition) is 3. The van der Waals surface area contributed by atoms with Crippen LogP contribution < -0.4 is 5.43 Å². The van der Waals surface area contributed by atoms with Gasteiger partial charge >= 0.3 is 0 Å². The molecule has 0 saturated heterocycles. The molecule has 1 heterocycles.